The summed E-state index contributed by atoms with van der Waals surface area (Å²) in [5.74, 6) is 1.53. The summed E-state index contributed by atoms with van der Waals surface area (Å²) in [7, 11) is 0. The molecule has 12 heavy (non-hydrogen) atoms. The van der Waals surface area contributed by atoms with Gasteiger partial charge in [0, 0.05) is 0 Å². The SMILES string of the molecule is Cl.Cl.NCC1CCCC(CN)C1. The van der Waals surface area contributed by atoms with Gasteiger partial charge >= 0.3 is 0 Å². The molecule has 0 saturated heterocycles. The van der Waals surface area contributed by atoms with Crippen LogP contribution in [0.5, 0.6) is 0 Å². The molecule has 0 bridgehead atoms. The van der Waals surface area contributed by atoms with Crippen LogP contribution < -0.4 is 11.5 Å². The first kappa shape index (κ1) is 15.0. The van der Waals surface area contributed by atoms with Gasteiger partial charge in [0.15, 0.2) is 0 Å². The Hall–Kier alpha value is 0.500. The van der Waals surface area contributed by atoms with Crippen molar-refractivity contribution < 1.29 is 0 Å². The largest absolute Gasteiger partial charge is 0.330 e. The highest BCUT2D eigenvalue weighted by molar-refractivity contribution is 5.85. The topological polar surface area (TPSA) is 52.0 Å². The first-order valence-corrected chi connectivity index (χ1v) is 4.27. The van der Waals surface area contributed by atoms with Crippen LogP contribution in [0.15, 0.2) is 0 Å². The maximum atomic E-state index is 5.58. The third kappa shape index (κ3) is 4.51. The van der Waals surface area contributed by atoms with Crippen LogP contribution in [0.3, 0.4) is 0 Å². The molecule has 1 rings (SSSR count). The molecule has 0 aromatic rings. The summed E-state index contributed by atoms with van der Waals surface area (Å²) in [5.41, 5.74) is 11.2. The lowest BCUT2D eigenvalue weighted by molar-refractivity contribution is 0.277. The molecular weight excluding hydrogens is 195 g/mol. The molecular formula is C8H20Cl2N2. The van der Waals surface area contributed by atoms with E-state index < -0.39 is 0 Å². The van der Waals surface area contributed by atoms with Crippen molar-refractivity contribution >= 4 is 24.8 Å². The van der Waals surface area contributed by atoms with Crippen LogP contribution in [0.2, 0.25) is 0 Å². The quantitative estimate of drug-likeness (QED) is 0.734. The molecule has 2 unspecified atom stereocenters. The Labute approximate surface area is 87.3 Å². The molecule has 4 heteroatoms. The minimum atomic E-state index is 0. The summed E-state index contributed by atoms with van der Waals surface area (Å²) in [4.78, 5) is 0. The lowest BCUT2D eigenvalue weighted by Gasteiger charge is -2.26. The molecule has 0 amide bonds. The van der Waals surface area contributed by atoms with Crippen LogP contribution in [0.25, 0.3) is 0 Å². The summed E-state index contributed by atoms with van der Waals surface area (Å²) in [6, 6.07) is 0. The predicted octanol–water partition coefficient (Wildman–Crippen LogP) is 1.55. The number of rotatable bonds is 2. The normalized spacial score (nSPS) is 28.5. The van der Waals surface area contributed by atoms with Gasteiger partial charge in [-0.05, 0) is 44.2 Å². The van der Waals surface area contributed by atoms with Gasteiger partial charge in [-0.3, -0.25) is 0 Å². The Bertz CT molecular complexity index is 91.1. The van der Waals surface area contributed by atoms with Crippen molar-refractivity contribution in [3.63, 3.8) is 0 Å². The van der Waals surface area contributed by atoms with Crippen molar-refractivity contribution in [1.82, 2.24) is 0 Å². The molecule has 2 atom stereocenters. The maximum absolute atomic E-state index is 5.58. The van der Waals surface area contributed by atoms with E-state index in [1.54, 1.807) is 0 Å². The average molecular weight is 215 g/mol. The fraction of sp³-hybridized carbons (Fsp3) is 1.00. The standard InChI is InChI=1S/C8H18N2.2ClH/c9-5-7-2-1-3-8(4-7)6-10;;/h7-8H,1-6,9-10H2;2*1H. The Morgan fingerprint density at radius 2 is 1.33 bits per heavy atom. The second-order valence-electron chi connectivity index (χ2n) is 3.37. The van der Waals surface area contributed by atoms with Crippen LogP contribution in [0, 0.1) is 11.8 Å². The molecule has 0 aliphatic heterocycles. The van der Waals surface area contributed by atoms with E-state index in [0.29, 0.717) is 0 Å². The fourth-order valence-electron chi connectivity index (χ4n) is 1.83. The van der Waals surface area contributed by atoms with E-state index in [2.05, 4.69) is 0 Å². The highest BCUT2D eigenvalue weighted by atomic mass is 35.5. The van der Waals surface area contributed by atoms with Gasteiger partial charge in [0.05, 0.1) is 0 Å². The van der Waals surface area contributed by atoms with Crippen molar-refractivity contribution in [1.29, 1.82) is 0 Å². The monoisotopic (exact) mass is 214 g/mol. The van der Waals surface area contributed by atoms with E-state index >= 15 is 0 Å². The zero-order valence-electron chi connectivity index (χ0n) is 7.37. The molecule has 4 N–H and O–H groups in total. The Morgan fingerprint density at radius 1 is 0.917 bits per heavy atom. The lowest BCUT2D eigenvalue weighted by atomic mass is 9.81. The molecule has 1 fully saturated rings. The van der Waals surface area contributed by atoms with Gasteiger partial charge in [-0.1, -0.05) is 6.42 Å². The molecule has 1 saturated carbocycles. The number of nitrogens with two attached hydrogens (primary N) is 2. The van der Waals surface area contributed by atoms with Crippen LogP contribution >= 0.6 is 24.8 Å². The molecule has 0 spiro atoms. The van der Waals surface area contributed by atoms with Crippen molar-refractivity contribution in [3.8, 4) is 0 Å². The van der Waals surface area contributed by atoms with Crippen LogP contribution in [-0.2, 0) is 0 Å². The van der Waals surface area contributed by atoms with Crippen LogP contribution in [0.1, 0.15) is 25.7 Å². The van der Waals surface area contributed by atoms with Gasteiger partial charge < -0.3 is 11.5 Å². The summed E-state index contributed by atoms with van der Waals surface area (Å²) >= 11 is 0. The number of hydrogen-bond donors (Lipinski definition) is 2. The average Bonchev–Trinajstić information content (AvgIpc) is 2.05. The first-order chi connectivity index (χ1) is 4.86. The number of halogens is 2. The van der Waals surface area contributed by atoms with E-state index in [0.717, 1.165) is 24.9 Å². The molecule has 0 heterocycles. The minimum absolute atomic E-state index is 0. The van der Waals surface area contributed by atoms with Gasteiger partial charge in [0.25, 0.3) is 0 Å². The third-order valence-electron chi connectivity index (χ3n) is 2.56. The van der Waals surface area contributed by atoms with Gasteiger partial charge in [-0.25, -0.2) is 0 Å². The van der Waals surface area contributed by atoms with E-state index in [-0.39, 0.29) is 24.8 Å². The van der Waals surface area contributed by atoms with Gasteiger partial charge in [0.1, 0.15) is 0 Å². The Morgan fingerprint density at radius 3 is 1.67 bits per heavy atom. The highest BCUT2D eigenvalue weighted by Crippen LogP contribution is 2.27. The van der Waals surface area contributed by atoms with Crippen molar-refractivity contribution in [2.24, 2.45) is 23.3 Å². The predicted molar refractivity (Wildman–Crippen MR) is 58.1 cm³/mol. The fourth-order valence-corrected chi connectivity index (χ4v) is 1.83. The number of hydrogen-bond acceptors (Lipinski definition) is 2. The molecule has 0 radical (unpaired) electrons. The van der Waals surface area contributed by atoms with E-state index in [1.807, 2.05) is 0 Å². The molecule has 2 nitrogen and oxygen atoms in total. The lowest BCUT2D eigenvalue weighted by Crippen LogP contribution is -2.26. The molecule has 1 aliphatic rings. The third-order valence-corrected chi connectivity index (χ3v) is 2.56. The summed E-state index contributed by atoms with van der Waals surface area (Å²) < 4.78 is 0. The van der Waals surface area contributed by atoms with Crippen LogP contribution in [0.4, 0.5) is 0 Å². The second kappa shape index (κ2) is 8.11. The summed E-state index contributed by atoms with van der Waals surface area (Å²) in [6.07, 6.45) is 5.26. The summed E-state index contributed by atoms with van der Waals surface area (Å²) in [5, 5.41) is 0. The van der Waals surface area contributed by atoms with Gasteiger partial charge in [-0.15, -0.1) is 24.8 Å². The minimum Gasteiger partial charge on any atom is -0.330 e. The molecule has 76 valence electrons. The van der Waals surface area contributed by atoms with Crippen molar-refractivity contribution in [2.75, 3.05) is 13.1 Å². The van der Waals surface area contributed by atoms with Crippen molar-refractivity contribution in [2.45, 2.75) is 25.7 Å². The smallest absolute Gasteiger partial charge is 0.00488 e. The Balaban J connectivity index is 0. The zero-order valence-corrected chi connectivity index (χ0v) is 9.00. The van der Waals surface area contributed by atoms with Gasteiger partial charge in [0.2, 0.25) is 0 Å². The summed E-state index contributed by atoms with van der Waals surface area (Å²) in [6.45, 7) is 1.72. The van der Waals surface area contributed by atoms with Crippen molar-refractivity contribution in [3.05, 3.63) is 0 Å². The van der Waals surface area contributed by atoms with Gasteiger partial charge in [-0.2, -0.15) is 0 Å². The zero-order chi connectivity index (χ0) is 7.40. The van der Waals surface area contributed by atoms with Crippen LogP contribution in [-0.4, -0.2) is 13.1 Å². The molecule has 0 aromatic carbocycles. The second-order valence-corrected chi connectivity index (χ2v) is 3.37. The highest BCUT2D eigenvalue weighted by Gasteiger charge is 2.19. The Kier molecular flexibility index (Phi) is 10.1. The first-order valence-electron chi connectivity index (χ1n) is 4.27. The maximum Gasteiger partial charge on any atom is -0.00488 e. The van der Waals surface area contributed by atoms with E-state index in [4.69, 9.17) is 11.5 Å². The van der Waals surface area contributed by atoms with E-state index in [1.165, 1.54) is 25.7 Å². The molecule has 0 aromatic heterocycles. The molecule has 1 aliphatic carbocycles. The van der Waals surface area contributed by atoms with E-state index in [9.17, 15) is 0 Å².